The van der Waals surface area contributed by atoms with Crippen LogP contribution in [-0.4, -0.2) is 37.5 Å². The van der Waals surface area contributed by atoms with E-state index in [-0.39, 0.29) is 25.0 Å². The molecule has 0 radical (unpaired) electrons. The number of hydrogen-bond acceptors (Lipinski definition) is 6. The predicted octanol–water partition coefficient (Wildman–Crippen LogP) is 4.99. The lowest BCUT2D eigenvalue weighted by Crippen LogP contribution is -2.24. The molecule has 38 heavy (non-hydrogen) atoms. The maximum Gasteiger partial charge on any atom is 0.277 e. The van der Waals surface area contributed by atoms with Gasteiger partial charge in [-0.1, -0.05) is 76.2 Å². The molecule has 0 bridgehead atoms. The van der Waals surface area contributed by atoms with Crippen molar-refractivity contribution < 1.29 is 19.1 Å². The zero-order valence-corrected chi connectivity index (χ0v) is 22.2. The second-order valence-corrected chi connectivity index (χ2v) is 9.28. The van der Waals surface area contributed by atoms with Crippen molar-refractivity contribution >= 4 is 24.2 Å². The van der Waals surface area contributed by atoms with Crippen molar-refractivity contribution in [1.82, 2.24) is 10.9 Å². The van der Waals surface area contributed by atoms with E-state index in [0.29, 0.717) is 23.3 Å². The number of nitrogens with zero attached hydrogens (tertiary/aromatic N) is 2. The van der Waals surface area contributed by atoms with Gasteiger partial charge in [-0.05, 0) is 58.4 Å². The molecule has 0 saturated carbocycles. The highest BCUT2D eigenvalue weighted by Crippen LogP contribution is 2.19. The van der Waals surface area contributed by atoms with Gasteiger partial charge in [-0.25, -0.2) is 10.9 Å². The van der Waals surface area contributed by atoms with Crippen molar-refractivity contribution in [2.75, 3.05) is 13.2 Å². The lowest BCUT2D eigenvalue weighted by molar-refractivity contribution is -0.123. The molecule has 0 spiro atoms. The number of hydrazone groups is 2. The average molecular weight is 515 g/mol. The number of carbonyl (C=O) groups excluding carboxylic acids is 2. The fraction of sp³-hybridized carbons (Fsp3) is 0.267. The van der Waals surface area contributed by atoms with Gasteiger partial charge in [0.25, 0.3) is 11.8 Å². The van der Waals surface area contributed by atoms with Gasteiger partial charge in [-0.2, -0.15) is 10.2 Å². The zero-order valence-electron chi connectivity index (χ0n) is 22.2. The monoisotopic (exact) mass is 514 g/mol. The Morgan fingerprint density at radius 2 is 0.974 bits per heavy atom. The maximum absolute atomic E-state index is 12.0. The number of benzene rings is 3. The molecule has 3 aromatic carbocycles. The van der Waals surface area contributed by atoms with Crippen molar-refractivity contribution in [2.45, 2.75) is 39.5 Å². The number of hydrogen-bond donors (Lipinski definition) is 2. The first-order valence-electron chi connectivity index (χ1n) is 12.5. The summed E-state index contributed by atoms with van der Waals surface area (Å²) in [5.74, 6) is 1.42. The third-order valence-corrected chi connectivity index (χ3v) is 5.58. The standard InChI is InChI=1S/C30H34N4O4/c1-21(2)25-9-13-27(14-10-25)37-19-29(35)33-31-17-23-5-7-24(8-6-23)18-32-34-30(36)20-38-28-15-11-26(12-16-28)22(3)4/h5-18,21-22H,19-20H2,1-4H3,(H,33,35)(H,34,36)/b31-17+,32-18+. The van der Waals surface area contributed by atoms with Crippen LogP contribution in [0, 0.1) is 0 Å². The first kappa shape index (κ1) is 28.1. The molecule has 8 nitrogen and oxygen atoms in total. The Morgan fingerprint density at radius 1 is 0.632 bits per heavy atom. The van der Waals surface area contributed by atoms with Crippen LogP contribution in [-0.2, 0) is 9.59 Å². The van der Waals surface area contributed by atoms with Crippen molar-refractivity contribution in [3.63, 3.8) is 0 Å². The smallest absolute Gasteiger partial charge is 0.277 e. The summed E-state index contributed by atoms with van der Waals surface area (Å²) in [5.41, 5.74) is 8.88. The minimum atomic E-state index is -0.356. The maximum atomic E-state index is 12.0. The largest absolute Gasteiger partial charge is 0.484 e. The average Bonchev–Trinajstić information content (AvgIpc) is 2.92. The van der Waals surface area contributed by atoms with Gasteiger partial charge < -0.3 is 9.47 Å². The van der Waals surface area contributed by atoms with Gasteiger partial charge in [0.05, 0.1) is 12.4 Å². The van der Waals surface area contributed by atoms with Crippen molar-refractivity contribution in [3.8, 4) is 11.5 Å². The molecule has 2 N–H and O–H groups in total. The van der Waals surface area contributed by atoms with Crippen LogP contribution in [0.15, 0.2) is 83.0 Å². The molecule has 198 valence electrons. The Balaban J connectivity index is 1.35. The summed E-state index contributed by atoms with van der Waals surface area (Å²) in [5, 5.41) is 7.91. The molecule has 8 heteroatoms. The highest BCUT2D eigenvalue weighted by atomic mass is 16.5. The molecule has 0 aliphatic heterocycles. The summed E-state index contributed by atoms with van der Waals surface area (Å²) in [7, 11) is 0. The Kier molecular flexibility index (Phi) is 10.6. The number of amides is 2. The van der Waals surface area contributed by atoms with E-state index >= 15 is 0 Å². The van der Waals surface area contributed by atoms with E-state index in [2.05, 4.69) is 48.7 Å². The van der Waals surface area contributed by atoms with Crippen LogP contribution in [0.5, 0.6) is 11.5 Å². The molecular formula is C30H34N4O4. The van der Waals surface area contributed by atoms with E-state index in [0.717, 1.165) is 11.1 Å². The Hall–Kier alpha value is -4.46. The fourth-order valence-corrected chi connectivity index (χ4v) is 3.29. The summed E-state index contributed by atoms with van der Waals surface area (Å²) < 4.78 is 11.0. The van der Waals surface area contributed by atoms with Crippen molar-refractivity contribution in [1.29, 1.82) is 0 Å². The summed E-state index contributed by atoms with van der Waals surface area (Å²) in [6.07, 6.45) is 3.06. The normalized spacial score (nSPS) is 11.3. The molecule has 0 unspecified atom stereocenters. The van der Waals surface area contributed by atoms with E-state index in [9.17, 15) is 9.59 Å². The quantitative estimate of drug-likeness (QED) is 0.263. The zero-order chi connectivity index (χ0) is 27.3. The molecule has 2 amide bonds. The first-order valence-corrected chi connectivity index (χ1v) is 12.5. The second-order valence-electron chi connectivity index (χ2n) is 9.28. The molecule has 3 aromatic rings. The van der Waals surface area contributed by atoms with Gasteiger partial charge in [0.2, 0.25) is 0 Å². The van der Waals surface area contributed by atoms with E-state index in [1.807, 2.05) is 72.8 Å². The lowest BCUT2D eigenvalue weighted by Gasteiger charge is -2.08. The fourth-order valence-electron chi connectivity index (χ4n) is 3.29. The molecular weight excluding hydrogens is 480 g/mol. The molecule has 0 aliphatic carbocycles. The number of nitrogens with one attached hydrogen (secondary N) is 2. The van der Waals surface area contributed by atoms with Crippen LogP contribution in [0.25, 0.3) is 0 Å². The lowest BCUT2D eigenvalue weighted by atomic mass is 10.0. The Morgan fingerprint density at radius 3 is 1.29 bits per heavy atom. The van der Waals surface area contributed by atoms with Gasteiger partial charge in [0.15, 0.2) is 13.2 Å². The van der Waals surface area contributed by atoms with E-state index in [4.69, 9.17) is 9.47 Å². The van der Waals surface area contributed by atoms with Crippen LogP contribution in [0.1, 0.15) is 61.8 Å². The van der Waals surface area contributed by atoms with Crippen LogP contribution in [0.2, 0.25) is 0 Å². The van der Waals surface area contributed by atoms with Gasteiger partial charge in [0, 0.05) is 0 Å². The predicted molar refractivity (Wildman–Crippen MR) is 150 cm³/mol. The molecule has 0 fully saturated rings. The molecule has 3 rings (SSSR count). The summed E-state index contributed by atoms with van der Waals surface area (Å²) in [4.78, 5) is 23.9. The molecule has 0 atom stereocenters. The van der Waals surface area contributed by atoms with E-state index in [1.54, 1.807) is 0 Å². The van der Waals surface area contributed by atoms with Crippen LogP contribution in [0.3, 0.4) is 0 Å². The molecule has 0 aromatic heterocycles. The second kappa shape index (κ2) is 14.3. The summed E-state index contributed by atoms with van der Waals surface area (Å²) in [6.45, 7) is 8.22. The number of carbonyl (C=O) groups is 2. The van der Waals surface area contributed by atoms with E-state index < -0.39 is 0 Å². The number of ether oxygens (including phenoxy) is 2. The number of rotatable bonds is 12. The topological polar surface area (TPSA) is 101 Å². The van der Waals surface area contributed by atoms with E-state index in [1.165, 1.54) is 23.6 Å². The minimum absolute atomic E-state index is 0.130. The Labute approximate surface area is 223 Å². The third kappa shape index (κ3) is 9.54. The van der Waals surface area contributed by atoms with Gasteiger partial charge >= 0.3 is 0 Å². The van der Waals surface area contributed by atoms with Gasteiger partial charge in [0.1, 0.15) is 11.5 Å². The molecule has 0 saturated heterocycles. The molecule has 0 aliphatic rings. The van der Waals surface area contributed by atoms with Crippen LogP contribution < -0.4 is 20.3 Å². The van der Waals surface area contributed by atoms with Gasteiger partial charge in [-0.15, -0.1) is 0 Å². The van der Waals surface area contributed by atoms with Crippen LogP contribution >= 0.6 is 0 Å². The van der Waals surface area contributed by atoms with Crippen LogP contribution in [0.4, 0.5) is 0 Å². The molecule has 0 heterocycles. The first-order chi connectivity index (χ1) is 18.3. The highest BCUT2D eigenvalue weighted by Gasteiger charge is 2.04. The summed E-state index contributed by atoms with van der Waals surface area (Å²) in [6, 6.07) is 22.6. The third-order valence-electron chi connectivity index (χ3n) is 5.58. The Bertz CT molecular complexity index is 1130. The highest BCUT2D eigenvalue weighted by molar-refractivity contribution is 5.86. The summed E-state index contributed by atoms with van der Waals surface area (Å²) >= 11 is 0. The SMILES string of the molecule is CC(C)c1ccc(OCC(=O)N/N=C/c2ccc(/C=N/NC(=O)COc3ccc(C(C)C)cc3)cc2)cc1. The minimum Gasteiger partial charge on any atom is -0.484 e. The van der Waals surface area contributed by atoms with Gasteiger partial charge in [-0.3, -0.25) is 9.59 Å². The van der Waals surface area contributed by atoms with Crippen molar-refractivity contribution in [3.05, 3.63) is 95.1 Å². The van der Waals surface area contributed by atoms with Crippen molar-refractivity contribution in [2.24, 2.45) is 10.2 Å².